The molecule has 2 unspecified atom stereocenters. The fourth-order valence-corrected chi connectivity index (χ4v) is 3.99. The van der Waals surface area contributed by atoms with Gasteiger partial charge in [-0.2, -0.15) is 0 Å². The van der Waals surface area contributed by atoms with Crippen molar-refractivity contribution in [2.45, 2.75) is 51.6 Å². The first-order chi connectivity index (χ1) is 14.2. The van der Waals surface area contributed by atoms with Crippen LogP contribution in [-0.4, -0.2) is 29.9 Å². The molecule has 0 saturated heterocycles. The third-order valence-electron chi connectivity index (χ3n) is 5.13. The molecule has 0 aliphatic carbocycles. The number of amides is 2. The first kappa shape index (κ1) is 21.4. The van der Waals surface area contributed by atoms with Gasteiger partial charge < -0.3 is 10.2 Å². The molecule has 1 N–H and O–H groups in total. The molecule has 0 radical (unpaired) electrons. The molecular weight excluding hydrogens is 378 g/mol. The average molecular weight is 406 g/mol. The lowest BCUT2D eigenvalue weighted by atomic mass is 9.85. The Balaban J connectivity index is 2.14. The van der Waals surface area contributed by atoms with E-state index < -0.39 is 11.6 Å². The number of nitrogens with zero attached hydrogens (tertiary/aromatic N) is 4. The number of anilines is 1. The summed E-state index contributed by atoms with van der Waals surface area (Å²) >= 11 is 0. The Morgan fingerprint density at radius 3 is 2.53 bits per heavy atom. The van der Waals surface area contributed by atoms with E-state index in [1.165, 1.54) is 4.90 Å². The van der Waals surface area contributed by atoms with Crippen molar-refractivity contribution in [2.24, 2.45) is 5.11 Å². The van der Waals surface area contributed by atoms with Gasteiger partial charge in [-0.15, -0.1) is 0 Å². The first-order valence-corrected chi connectivity index (χ1v) is 10.0. The van der Waals surface area contributed by atoms with Crippen LogP contribution in [0.4, 0.5) is 5.69 Å². The molecule has 7 nitrogen and oxygen atoms in total. The molecule has 3 rings (SSSR count). The summed E-state index contributed by atoms with van der Waals surface area (Å²) in [5.74, 6) is -0.745. The van der Waals surface area contributed by atoms with Gasteiger partial charge in [0.25, 0.3) is 0 Å². The second kappa shape index (κ2) is 8.59. The molecule has 156 valence electrons. The molecule has 0 aromatic heterocycles. The Bertz CT molecular complexity index is 990. The quantitative estimate of drug-likeness (QED) is 0.461. The molecule has 1 aliphatic heterocycles. The van der Waals surface area contributed by atoms with Gasteiger partial charge in [-0.25, -0.2) is 0 Å². The fraction of sp³-hybridized carbons (Fsp3) is 0.391. The predicted octanol–water partition coefficient (Wildman–Crippen LogP) is 4.46. The Morgan fingerprint density at radius 2 is 1.90 bits per heavy atom. The van der Waals surface area contributed by atoms with Crippen LogP contribution in [0.2, 0.25) is 0 Å². The third kappa shape index (κ3) is 4.63. The Labute approximate surface area is 176 Å². The van der Waals surface area contributed by atoms with Crippen molar-refractivity contribution in [3.05, 3.63) is 75.7 Å². The second-order valence-corrected chi connectivity index (χ2v) is 8.65. The Hall–Kier alpha value is -3.31. The summed E-state index contributed by atoms with van der Waals surface area (Å²) in [6, 6.07) is 14.8. The van der Waals surface area contributed by atoms with E-state index in [0.29, 0.717) is 6.42 Å². The number of hydrogen-bond acceptors (Lipinski definition) is 3. The first-order valence-electron chi connectivity index (χ1n) is 10.0. The molecule has 1 heterocycles. The molecule has 30 heavy (non-hydrogen) atoms. The Morgan fingerprint density at radius 1 is 1.20 bits per heavy atom. The largest absolute Gasteiger partial charge is 0.350 e. The molecule has 0 bridgehead atoms. The van der Waals surface area contributed by atoms with Crippen LogP contribution in [0.25, 0.3) is 10.4 Å². The zero-order chi connectivity index (χ0) is 21.9. The lowest BCUT2D eigenvalue weighted by molar-refractivity contribution is -0.125. The number of fused-ring (bicyclic) bond motifs is 1. The molecule has 1 aliphatic rings. The van der Waals surface area contributed by atoms with Crippen molar-refractivity contribution in [3.63, 3.8) is 0 Å². The topological polar surface area (TPSA) is 98.2 Å². The van der Waals surface area contributed by atoms with Crippen LogP contribution in [0.5, 0.6) is 0 Å². The van der Waals surface area contributed by atoms with E-state index in [-0.39, 0.29) is 24.3 Å². The van der Waals surface area contributed by atoms with Crippen LogP contribution < -0.4 is 10.2 Å². The summed E-state index contributed by atoms with van der Waals surface area (Å²) in [6.45, 7) is 7.47. The molecule has 2 atom stereocenters. The van der Waals surface area contributed by atoms with E-state index in [1.807, 2.05) is 76.2 Å². The number of para-hydroxylation sites is 1. The number of hydrogen-bond donors (Lipinski definition) is 1. The summed E-state index contributed by atoms with van der Waals surface area (Å²) in [7, 11) is 0. The van der Waals surface area contributed by atoms with E-state index >= 15 is 0 Å². The van der Waals surface area contributed by atoms with Gasteiger partial charge in [-0.05, 0) is 56.3 Å². The zero-order valence-electron chi connectivity index (χ0n) is 17.8. The summed E-state index contributed by atoms with van der Waals surface area (Å²) < 4.78 is 0. The molecule has 0 spiro atoms. The molecule has 2 aromatic rings. The Kier molecular flexibility index (Phi) is 6.13. The van der Waals surface area contributed by atoms with Crippen LogP contribution >= 0.6 is 0 Å². The molecule has 2 aromatic carbocycles. The number of aryl methyl sites for hydroxylation is 1. The number of carbonyl (C=O) groups excluding carboxylic acids is 2. The van der Waals surface area contributed by atoms with E-state index in [4.69, 9.17) is 5.53 Å². The minimum Gasteiger partial charge on any atom is -0.350 e. The summed E-state index contributed by atoms with van der Waals surface area (Å²) in [5.41, 5.74) is 12.3. The number of carbonyl (C=O) groups is 2. The molecule has 2 amide bonds. The lowest BCUT2D eigenvalue weighted by Gasteiger charge is -2.28. The van der Waals surface area contributed by atoms with Gasteiger partial charge in [0.2, 0.25) is 11.8 Å². The minimum absolute atomic E-state index is 0.128. The minimum atomic E-state index is -0.894. The van der Waals surface area contributed by atoms with Crippen LogP contribution in [0.3, 0.4) is 0 Å². The van der Waals surface area contributed by atoms with Gasteiger partial charge in [0.1, 0.15) is 12.6 Å². The summed E-state index contributed by atoms with van der Waals surface area (Å²) in [4.78, 5) is 30.5. The van der Waals surface area contributed by atoms with Crippen molar-refractivity contribution in [1.82, 2.24) is 5.32 Å². The maximum Gasteiger partial charge on any atom is 0.240 e. The number of rotatable bonds is 4. The van der Waals surface area contributed by atoms with Crippen molar-refractivity contribution in [1.29, 1.82) is 0 Å². The van der Waals surface area contributed by atoms with Crippen molar-refractivity contribution >= 4 is 17.5 Å². The van der Waals surface area contributed by atoms with Gasteiger partial charge in [-0.1, -0.05) is 53.6 Å². The highest BCUT2D eigenvalue weighted by molar-refractivity contribution is 6.03. The van der Waals surface area contributed by atoms with Crippen LogP contribution in [0.15, 0.2) is 53.6 Å². The van der Waals surface area contributed by atoms with Crippen molar-refractivity contribution in [3.8, 4) is 0 Å². The van der Waals surface area contributed by atoms with E-state index in [9.17, 15) is 9.59 Å². The highest BCUT2D eigenvalue weighted by atomic mass is 16.2. The summed E-state index contributed by atoms with van der Waals surface area (Å²) in [6.07, 6.45) is 0.348. The number of nitrogens with one attached hydrogen (secondary N) is 1. The monoisotopic (exact) mass is 405 g/mol. The van der Waals surface area contributed by atoms with E-state index in [0.717, 1.165) is 22.4 Å². The van der Waals surface area contributed by atoms with Crippen molar-refractivity contribution in [2.75, 3.05) is 11.4 Å². The zero-order valence-corrected chi connectivity index (χ0v) is 17.8. The standard InChI is InChI=1S/C23H27N5O2/c1-15-9-8-12-17-18(16-10-6-5-7-11-16)13-19(26-27-24)22(30)28(21(15)17)14-20(29)25-23(2,3)4/h5-12,18-19H,13-14H2,1-4H3,(H,25,29). The fourth-order valence-electron chi connectivity index (χ4n) is 3.99. The van der Waals surface area contributed by atoms with E-state index in [2.05, 4.69) is 15.3 Å². The average Bonchev–Trinajstić information content (AvgIpc) is 2.79. The van der Waals surface area contributed by atoms with E-state index in [1.54, 1.807) is 0 Å². The SMILES string of the molecule is Cc1cccc2c1N(CC(=O)NC(C)(C)C)C(=O)C(N=[N+]=[N-])CC2c1ccccc1. The van der Waals surface area contributed by atoms with Gasteiger partial charge >= 0.3 is 0 Å². The third-order valence-corrected chi connectivity index (χ3v) is 5.13. The summed E-state index contributed by atoms with van der Waals surface area (Å²) in [5, 5.41) is 6.71. The van der Waals surface area contributed by atoms with Gasteiger partial charge in [-0.3, -0.25) is 9.59 Å². The maximum atomic E-state index is 13.4. The molecular formula is C23H27N5O2. The van der Waals surface area contributed by atoms with Crippen LogP contribution in [0, 0.1) is 6.92 Å². The molecule has 7 heteroatoms. The van der Waals surface area contributed by atoms with Crippen LogP contribution in [-0.2, 0) is 9.59 Å². The molecule has 0 fully saturated rings. The highest BCUT2D eigenvalue weighted by Crippen LogP contribution is 2.41. The van der Waals surface area contributed by atoms with Gasteiger partial charge in [0, 0.05) is 16.4 Å². The predicted molar refractivity (Wildman–Crippen MR) is 117 cm³/mol. The van der Waals surface area contributed by atoms with Crippen LogP contribution in [0.1, 0.15) is 49.8 Å². The van der Waals surface area contributed by atoms with Gasteiger partial charge in [0.05, 0.1) is 5.69 Å². The normalized spacial score (nSPS) is 18.8. The second-order valence-electron chi connectivity index (χ2n) is 8.65. The smallest absolute Gasteiger partial charge is 0.240 e. The maximum absolute atomic E-state index is 13.4. The number of azide groups is 1. The molecule has 0 saturated carbocycles. The van der Waals surface area contributed by atoms with Gasteiger partial charge in [0.15, 0.2) is 0 Å². The van der Waals surface area contributed by atoms with Crippen molar-refractivity contribution < 1.29 is 9.59 Å². The lowest BCUT2D eigenvalue weighted by Crippen LogP contribution is -2.49. The highest BCUT2D eigenvalue weighted by Gasteiger charge is 2.37. The number of benzene rings is 2.